The van der Waals surface area contributed by atoms with Gasteiger partial charge >= 0.3 is 12.0 Å². The molecular formula is C14H13F2N5O3. The molecule has 10 heteroatoms. The van der Waals surface area contributed by atoms with Crippen LogP contribution >= 0.6 is 0 Å². The Kier molecular flexibility index (Phi) is 2.99. The number of urea groups is 1. The van der Waals surface area contributed by atoms with Crippen molar-refractivity contribution in [2.24, 2.45) is 0 Å². The Morgan fingerprint density at radius 2 is 2.25 bits per heavy atom. The molecule has 0 radical (unpaired) electrons. The monoisotopic (exact) mass is 337 g/mol. The quantitative estimate of drug-likeness (QED) is 0.865. The van der Waals surface area contributed by atoms with E-state index in [0.717, 1.165) is 0 Å². The third-order valence-electron chi connectivity index (χ3n) is 4.46. The van der Waals surface area contributed by atoms with Crippen LogP contribution in [0.2, 0.25) is 0 Å². The zero-order valence-corrected chi connectivity index (χ0v) is 12.3. The molecule has 0 bridgehead atoms. The third kappa shape index (κ3) is 2.09. The molecule has 8 nitrogen and oxygen atoms in total. The Hall–Kier alpha value is -2.78. The maximum Gasteiger partial charge on any atom is 0.356 e. The molecule has 1 aliphatic heterocycles. The number of carbonyl (C=O) groups is 2. The maximum absolute atomic E-state index is 14.0. The minimum Gasteiger partial charge on any atom is -0.476 e. The fourth-order valence-electron chi connectivity index (χ4n) is 3.37. The van der Waals surface area contributed by atoms with Gasteiger partial charge in [-0.1, -0.05) is 0 Å². The van der Waals surface area contributed by atoms with Crippen LogP contribution in [0.25, 0.3) is 5.65 Å². The van der Waals surface area contributed by atoms with Gasteiger partial charge in [-0.2, -0.15) is 5.10 Å². The second-order valence-electron chi connectivity index (χ2n) is 5.94. The number of halogens is 2. The van der Waals surface area contributed by atoms with E-state index in [9.17, 15) is 18.4 Å². The van der Waals surface area contributed by atoms with Crippen molar-refractivity contribution in [3.8, 4) is 0 Å². The molecule has 2 aromatic heterocycles. The topological polar surface area (TPSA) is 99.8 Å². The van der Waals surface area contributed by atoms with Gasteiger partial charge in [0.1, 0.15) is 11.9 Å². The molecule has 2 fully saturated rings. The van der Waals surface area contributed by atoms with Gasteiger partial charge in [-0.05, 0) is 18.9 Å². The first-order chi connectivity index (χ1) is 11.4. The number of hydrogen-bond donors (Lipinski definition) is 2. The predicted molar refractivity (Wildman–Crippen MR) is 77.3 cm³/mol. The number of carboxylic acids is 1. The van der Waals surface area contributed by atoms with Crippen LogP contribution in [-0.4, -0.2) is 49.7 Å². The van der Waals surface area contributed by atoms with Gasteiger partial charge in [-0.25, -0.2) is 27.9 Å². The molecule has 1 saturated heterocycles. The molecular weight excluding hydrogens is 324 g/mol. The minimum atomic E-state index is -2.95. The molecule has 1 saturated carbocycles. The van der Waals surface area contributed by atoms with Gasteiger partial charge in [-0.15, -0.1) is 0 Å². The average molecular weight is 337 g/mol. The van der Waals surface area contributed by atoms with E-state index in [4.69, 9.17) is 5.11 Å². The molecule has 0 spiro atoms. The molecule has 1 aliphatic carbocycles. The highest BCUT2D eigenvalue weighted by Crippen LogP contribution is 2.40. The molecule has 0 unspecified atom stereocenters. The summed E-state index contributed by atoms with van der Waals surface area (Å²) in [6.07, 6.45) is 1.97. The molecule has 2 aromatic rings. The minimum absolute atomic E-state index is 0.187. The average Bonchev–Trinajstić information content (AvgIpc) is 3.07. The second-order valence-corrected chi connectivity index (χ2v) is 5.94. The number of amides is 2. The molecule has 3 heterocycles. The lowest BCUT2D eigenvalue weighted by Crippen LogP contribution is -2.51. The Labute approximate surface area is 134 Å². The summed E-state index contributed by atoms with van der Waals surface area (Å²) in [6.45, 7) is 0. The van der Waals surface area contributed by atoms with Crippen LogP contribution in [0.3, 0.4) is 0 Å². The van der Waals surface area contributed by atoms with E-state index in [1.807, 2.05) is 0 Å². The number of fused-ring (bicyclic) bond motifs is 2. The van der Waals surface area contributed by atoms with Crippen molar-refractivity contribution >= 4 is 23.5 Å². The summed E-state index contributed by atoms with van der Waals surface area (Å²) in [5.74, 6) is -3.96. The summed E-state index contributed by atoms with van der Waals surface area (Å²) in [5, 5.41) is 15.1. The van der Waals surface area contributed by atoms with E-state index in [1.54, 1.807) is 0 Å². The standard InChI is InChI=1S/C14H13F2N5O3/c15-14(16)4-1-2-8-11(14)18-13(24)21(8)9-3-5-20-10(17-9)6-7(19-20)12(22)23/h3,5-6,8,11H,1-2,4H2,(H,18,24)(H,22,23)/t8-,11-/m1/s1. The van der Waals surface area contributed by atoms with E-state index < -0.39 is 30.0 Å². The number of aromatic carboxylic acids is 1. The van der Waals surface area contributed by atoms with E-state index in [2.05, 4.69) is 15.4 Å². The van der Waals surface area contributed by atoms with Crippen molar-refractivity contribution < 1.29 is 23.5 Å². The summed E-state index contributed by atoms with van der Waals surface area (Å²) in [4.78, 5) is 28.6. The van der Waals surface area contributed by atoms with Gasteiger partial charge < -0.3 is 10.4 Å². The zero-order chi connectivity index (χ0) is 17.1. The summed E-state index contributed by atoms with van der Waals surface area (Å²) >= 11 is 0. The predicted octanol–water partition coefficient (Wildman–Crippen LogP) is 1.51. The maximum atomic E-state index is 14.0. The molecule has 126 valence electrons. The van der Waals surface area contributed by atoms with Gasteiger partial charge in [0.05, 0.1) is 6.04 Å². The number of carboxylic acid groups (broad SMARTS) is 1. The largest absolute Gasteiger partial charge is 0.476 e. The number of aromatic nitrogens is 3. The van der Waals surface area contributed by atoms with Gasteiger partial charge in [0.25, 0.3) is 5.92 Å². The highest BCUT2D eigenvalue weighted by atomic mass is 19.3. The molecule has 2 N–H and O–H groups in total. The lowest BCUT2D eigenvalue weighted by molar-refractivity contribution is -0.0595. The van der Waals surface area contributed by atoms with Crippen molar-refractivity contribution in [2.75, 3.05) is 4.90 Å². The number of hydrogen-bond acceptors (Lipinski definition) is 4. The molecule has 4 rings (SSSR count). The van der Waals surface area contributed by atoms with E-state index in [-0.39, 0.29) is 23.6 Å². The van der Waals surface area contributed by atoms with E-state index in [1.165, 1.54) is 27.7 Å². The Bertz CT molecular complexity index is 852. The first-order valence-electron chi connectivity index (χ1n) is 7.44. The highest BCUT2D eigenvalue weighted by molar-refractivity contribution is 5.95. The molecule has 2 aliphatic rings. The van der Waals surface area contributed by atoms with Gasteiger partial charge in [-0.3, -0.25) is 4.90 Å². The summed E-state index contributed by atoms with van der Waals surface area (Å²) < 4.78 is 29.3. The van der Waals surface area contributed by atoms with Gasteiger partial charge in [0.2, 0.25) is 0 Å². The molecule has 24 heavy (non-hydrogen) atoms. The summed E-state index contributed by atoms with van der Waals surface area (Å²) in [7, 11) is 0. The van der Waals surface area contributed by atoms with Crippen molar-refractivity contribution in [3.05, 3.63) is 24.0 Å². The normalized spacial score (nSPS) is 25.6. The number of alkyl halides is 2. The fraction of sp³-hybridized carbons (Fsp3) is 0.429. The van der Waals surface area contributed by atoms with Crippen molar-refractivity contribution in [3.63, 3.8) is 0 Å². The van der Waals surface area contributed by atoms with Crippen LogP contribution in [-0.2, 0) is 0 Å². The van der Waals surface area contributed by atoms with Crippen molar-refractivity contribution in [1.82, 2.24) is 19.9 Å². The number of anilines is 1. The number of carbonyl (C=O) groups excluding carboxylic acids is 1. The zero-order valence-electron chi connectivity index (χ0n) is 12.3. The van der Waals surface area contributed by atoms with Crippen LogP contribution in [0.5, 0.6) is 0 Å². The van der Waals surface area contributed by atoms with Crippen LogP contribution < -0.4 is 10.2 Å². The van der Waals surface area contributed by atoms with Gasteiger partial charge in [0, 0.05) is 18.7 Å². The Balaban J connectivity index is 1.73. The van der Waals surface area contributed by atoms with Crippen molar-refractivity contribution in [2.45, 2.75) is 37.3 Å². The molecule has 0 aromatic carbocycles. The Morgan fingerprint density at radius 1 is 1.46 bits per heavy atom. The van der Waals surface area contributed by atoms with Crippen molar-refractivity contribution in [1.29, 1.82) is 0 Å². The number of nitrogens with one attached hydrogen (secondary N) is 1. The highest BCUT2D eigenvalue weighted by Gasteiger charge is 2.55. The third-order valence-corrected chi connectivity index (χ3v) is 4.46. The smallest absolute Gasteiger partial charge is 0.356 e. The van der Waals surface area contributed by atoms with E-state index in [0.29, 0.717) is 12.8 Å². The number of nitrogens with zero attached hydrogens (tertiary/aromatic N) is 4. The summed E-state index contributed by atoms with van der Waals surface area (Å²) in [6, 6.07) is 0.170. The lowest BCUT2D eigenvalue weighted by Gasteiger charge is -2.34. The first kappa shape index (κ1) is 14.8. The van der Waals surface area contributed by atoms with Crippen LogP contribution in [0, 0.1) is 0 Å². The fourth-order valence-corrected chi connectivity index (χ4v) is 3.37. The first-order valence-corrected chi connectivity index (χ1v) is 7.44. The second kappa shape index (κ2) is 4.86. The number of rotatable bonds is 2. The van der Waals surface area contributed by atoms with Crippen LogP contribution in [0.15, 0.2) is 18.3 Å². The Morgan fingerprint density at radius 3 is 3.00 bits per heavy atom. The molecule has 2 amide bonds. The van der Waals surface area contributed by atoms with Crippen LogP contribution in [0.1, 0.15) is 29.8 Å². The van der Waals surface area contributed by atoms with Crippen LogP contribution in [0.4, 0.5) is 19.4 Å². The summed E-state index contributed by atoms with van der Waals surface area (Å²) in [5.41, 5.74) is 0.0383. The lowest BCUT2D eigenvalue weighted by atomic mass is 9.87. The molecule has 2 atom stereocenters. The SMILES string of the molecule is O=C(O)c1cc2nc(N3C(=O)N[C@@H]4[C@H]3CCCC4(F)F)ccn2n1. The van der Waals surface area contributed by atoms with Gasteiger partial charge in [0.15, 0.2) is 11.3 Å². The van der Waals surface area contributed by atoms with E-state index >= 15 is 0 Å².